The first-order chi connectivity index (χ1) is 11.1. The predicted molar refractivity (Wildman–Crippen MR) is 91.1 cm³/mol. The maximum absolute atomic E-state index is 11.6. The van der Waals surface area contributed by atoms with Crippen molar-refractivity contribution in [1.82, 2.24) is 9.80 Å². The second kappa shape index (κ2) is 9.01. The summed E-state index contributed by atoms with van der Waals surface area (Å²) in [4.78, 5) is 16.3. The van der Waals surface area contributed by atoms with Crippen molar-refractivity contribution in [2.24, 2.45) is 0 Å². The molecule has 0 aliphatic carbocycles. The summed E-state index contributed by atoms with van der Waals surface area (Å²) in [5.74, 6) is 0.815. The van der Waals surface area contributed by atoms with Crippen molar-refractivity contribution in [1.29, 1.82) is 0 Å². The molecule has 23 heavy (non-hydrogen) atoms. The summed E-state index contributed by atoms with van der Waals surface area (Å²) in [7, 11) is 0. The molecule has 1 N–H and O–H groups in total. The first-order valence-corrected chi connectivity index (χ1v) is 8.51. The van der Waals surface area contributed by atoms with Crippen LogP contribution >= 0.6 is 0 Å². The lowest BCUT2D eigenvalue weighted by Crippen LogP contribution is -2.49. The fourth-order valence-corrected chi connectivity index (χ4v) is 2.77. The summed E-state index contributed by atoms with van der Waals surface area (Å²) in [6, 6.07) is 7.13. The third kappa shape index (κ3) is 5.61. The second-order valence-electron chi connectivity index (χ2n) is 6.00. The van der Waals surface area contributed by atoms with Gasteiger partial charge in [-0.2, -0.15) is 0 Å². The molecule has 0 aromatic heterocycles. The van der Waals surface area contributed by atoms with E-state index in [1.165, 1.54) is 0 Å². The maximum atomic E-state index is 11.6. The molecule has 1 saturated heterocycles. The van der Waals surface area contributed by atoms with Gasteiger partial charge in [0.15, 0.2) is 5.78 Å². The lowest BCUT2D eigenvalue weighted by Gasteiger charge is -2.34. The van der Waals surface area contributed by atoms with Gasteiger partial charge >= 0.3 is 0 Å². The first kappa shape index (κ1) is 17.9. The van der Waals surface area contributed by atoms with Crippen molar-refractivity contribution in [3.63, 3.8) is 0 Å². The Bertz CT molecular complexity index is 482. The van der Waals surface area contributed by atoms with E-state index in [4.69, 9.17) is 4.74 Å². The van der Waals surface area contributed by atoms with Crippen LogP contribution in [0.5, 0.6) is 5.75 Å². The fraction of sp³-hybridized carbons (Fsp3) is 0.611. The zero-order valence-corrected chi connectivity index (χ0v) is 14.2. The second-order valence-corrected chi connectivity index (χ2v) is 6.00. The van der Waals surface area contributed by atoms with Crippen LogP contribution in [0.4, 0.5) is 0 Å². The van der Waals surface area contributed by atoms with Crippen LogP contribution in [0.3, 0.4) is 0 Å². The summed E-state index contributed by atoms with van der Waals surface area (Å²) < 4.78 is 5.62. The van der Waals surface area contributed by atoms with E-state index in [1.807, 2.05) is 6.92 Å². The van der Waals surface area contributed by atoms with Crippen molar-refractivity contribution in [3.8, 4) is 5.75 Å². The number of carbonyl (C=O) groups is 1. The molecule has 128 valence electrons. The lowest BCUT2D eigenvalue weighted by molar-refractivity contribution is 0.0471. The van der Waals surface area contributed by atoms with Gasteiger partial charge in [0.25, 0.3) is 0 Å². The molecule has 5 heteroatoms. The average molecular weight is 320 g/mol. The van der Waals surface area contributed by atoms with Crippen LogP contribution in [0.25, 0.3) is 0 Å². The zero-order chi connectivity index (χ0) is 16.7. The Hall–Kier alpha value is -1.43. The number of hydrogen-bond donors (Lipinski definition) is 1. The molecule has 1 aliphatic heterocycles. The monoisotopic (exact) mass is 320 g/mol. The van der Waals surface area contributed by atoms with Gasteiger partial charge in [-0.25, -0.2) is 0 Å². The molecule has 1 atom stereocenters. The van der Waals surface area contributed by atoms with Gasteiger partial charge in [-0.15, -0.1) is 0 Å². The van der Waals surface area contributed by atoms with Crippen LogP contribution in [-0.2, 0) is 0 Å². The summed E-state index contributed by atoms with van der Waals surface area (Å²) in [5.41, 5.74) is 0.703. The normalized spacial score (nSPS) is 17.9. The van der Waals surface area contributed by atoms with Crippen LogP contribution in [0.15, 0.2) is 24.3 Å². The van der Waals surface area contributed by atoms with Crippen LogP contribution in [0.1, 0.15) is 30.6 Å². The molecular formula is C18H28N2O3. The highest BCUT2D eigenvalue weighted by Gasteiger charge is 2.18. The van der Waals surface area contributed by atoms with Gasteiger partial charge in [-0.3, -0.25) is 9.69 Å². The molecule has 0 amide bonds. The van der Waals surface area contributed by atoms with Gasteiger partial charge in [0.2, 0.25) is 0 Å². The molecular weight excluding hydrogens is 292 g/mol. The quantitative estimate of drug-likeness (QED) is 0.738. The Kier molecular flexibility index (Phi) is 7.02. The summed E-state index contributed by atoms with van der Waals surface area (Å²) in [5, 5.41) is 10.1. The van der Waals surface area contributed by atoms with Gasteiger partial charge in [0.05, 0.1) is 0 Å². The Balaban J connectivity index is 1.72. The number of ether oxygens (including phenoxy) is 1. The van der Waals surface area contributed by atoms with E-state index >= 15 is 0 Å². The number of carbonyl (C=O) groups excluding carboxylic acids is 1. The predicted octanol–water partition coefficient (Wildman–Crippen LogP) is 1.66. The van der Waals surface area contributed by atoms with E-state index in [0.29, 0.717) is 24.3 Å². The molecule has 0 bridgehead atoms. The van der Waals surface area contributed by atoms with E-state index in [9.17, 15) is 9.90 Å². The van der Waals surface area contributed by atoms with Gasteiger partial charge in [-0.1, -0.05) is 13.8 Å². The molecule has 0 spiro atoms. The van der Waals surface area contributed by atoms with Crippen LogP contribution < -0.4 is 4.74 Å². The third-order valence-electron chi connectivity index (χ3n) is 4.32. The number of β-amino-alcohol motifs (C(OH)–C–C–N with tert-alkyl or cyclic N) is 1. The Morgan fingerprint density at radius 1 is 1.13 bits per heavy atom. The Labute approximate surface area is 138 Å². The smallest absolute Gasteiger partial charge is 0.162 e. The molecule has 5 nitrogen and oxygen atoms in total. The highest BCUT2D eigenvalue weighted by molar-refractivity contribution is 5.95. The standard InChI is InChI=1S/C18H28N2O3/c1-3-18(22)15-5-7-17(8-6-15)23-14-16(21)13-20-11-9-19(4-2)10-12-20/h5-8,16,21H,3-4,9-14H2,1-2H3/t16-/m1/s1. The number of rotatable bonds is 8. The van der Waals surface area contributed by atoms with Crippen molar-refractivity contribution >= 4 is 5.78 Å². The number of ketones is 1. The van der Waals surface area contributed by atoms with E-state index in [1.54, 1.807) is 24.3 Å². The van der Waals surface area contributed by atoms with E-state index in [2.05, 4.69) is 16.7 Å². The molecule has 1 fully saturated rings. The summed E-state index contributed by atoms with van der Waals surface area (Å²) in [6.07, 6.45) is 0.00430. The number of nitrogens with zero attached hydrogens (tertiary/aromatic N) is 2. The fourth-order valence-electron chi connectivity index (χ4n) is 2.77. The van der Waals surface area contributed by atoms with Crippen molar-refractivity contribution in [2.75, 3.05) is 45.9 Å². The van der Waals surface area contributed by atoms with Crippen molar-refractivity contribution in [3.05, 3.63) is 29.8 Å². The number of Topliss-reactive ketones (excluding diaryl/α,β-unsaturated/α-hetero) is 1. The number of likely N-dealkylation sites (N-methyl/N-ethyl adjacent to an activating group) is 1. The molecule has 1 aliphatic rings. The van der Waals surface area contributed by atoms with Crippen LogP contribution in [0.2, 0.25) is 0 Å². The van der Waals surface area contributed by atoms with Gasteiger partial charge in [-0.05, 0) is 30.8 Å². The number of aliphatic hydroxyl groups is 1. The topological polar surface area (TPSA) is 53.0 Å². The van der Waals surface area contributed by atoms with Gasteiger partial charge in [0.1, 0.15) is 18.5 Å². The van der Waals surface area contributed by atoms with Crippen LogP contribution in [0, 0.1) is 0 Å². The SMILES string of the molecule is CCC(=O)c1ccc(OC[C@H](O)CN2CCN(CC)CC2)cc1. The number of piperazine rings is 1. The molecule has 0 radical (unpaired) electrons. The lowest BCUT2D eigenvalue weighted by atomic mass is 10.1. The van der Waals surface area contributed by atoms with E-state index in [0.717, 1.165) is 32.7 Å². The van der Waals surface area contributed by atoms with Crippen molar-refractivity contribution < 1.29 is 14.6 Å². The minimum atomic E-state index is -0.500. The largest absolute Gasteiger partial charge is 0.491 e. The third-order valence-corrected chi connectivity index (χ3v) is 4.32. The maximum Gasteiger partial charge on any atom is 0.162 e. The molecule has 0 saturated carbocycles. The van der Waals surface area contributed by atoms with Gasteiger partial charge in [0, 0.05) is 44.7 Å². The molecule has 0 unspecified atom stereocenters. The summed E-state index contributed by atoms with van der Waals surface area (Å²) >= 11 is 0. The number of hydrogen-bond acceptors (Lipinski definition) is 5. The van der Waals surface area contributed by atoms with Crippen molar-refractivity contribution in [2.45, 2.75) is 26.4 Å². The Morgan fingerprint density at radius 3 is 2.30 bits per heavy atom. The minimum absolute atomic E-state index is 0.128. The number of aliphatic hydroxyl groups excluding tert-OH is 1. The molecule has 1 aromatic carbocycles. The highest BCUT2D eigenvalue weighted by atomic mass is 16.5. The van der Waals surface area contributed by atoms with Gasteiger partial charge < -0.3 is 14.7 Å². The first-order valence-electron chi connectivity index (χ1n) is 8.51. The Morgan fingerprint density at radius 2 is 1.74 bits per heavy atom. The highest BCUT2D eigenvalue weighted by Crippen LogP contribution is 2.14. The summed E-state index contributed by atoms with van der Waals surface area (Å²) in [6.45, 7) is 10.2. The molecule has 1 heterocycles. The number of benzene rings is 1. The minimum Gasteiger partial charge on any atom is -0.491 e. The molecule has 2 rings (SSSR count). The average Bonchev–Trinajstić information content (AvgIpc) is 2.60. The van der Waals surface area contributed by atoms with E-state index < -0.39 is 6.10 Å². The zero-order valence-electron chi connectivity index (χ0n) is 14.2. The van der Waals surface area contributed by atoms with E-state index in [-0.39, 0.29) is 12.4 Å². The molecule has 1 aromatic rings. The van der Waals surface area contributed by atoms with Crippen LogP contribution in [-0.4, -0.2) is 72.7 Å².